The molecule has 34 heavy (non-hydrogen) atoms. The monoisotopic (exact) mass is 458 g/mol. The second-order valence-electron chi connectivity index (χ2n) is 8.95. The molecule has 3 heterocycles. The van der Waals surface area contributed by atoms with E-state index in [9.17, 15) is 14.7 Å². The van der Waals surface area contributed by atoms with Gasteiger partial charge in [0.2, 0.25) is 0 Å². The van der Waals surface area contributed by atoms with Crippen molar-refractivity contribution in [1.29, 1.82) is 0 Å². The molecule has 1 aromatic carbocycles. The van der Waals surface area contributed by atoms with E-state index < -0.39 is 6.10 Å². The Morgan fingerprint density at radius 2 is 1.88 bits per heavy atom. The van der Waals surface area contributed by atoms with E-state index in [4.69, 9.17) is 0 Å². The molecule has 176 valence electrons. The molecule has 0 saturated carbocycles. The van der Waals surface area contributed by atoms with Crippen LogP contribution in [0.25, 0.3) is 0 Å². The van der Waals surface area contributed by atoms with Gasteiger partial charge >= 0.3 is 0 Å². The summed E-state index contributed by atoms with van der Waals surface area (Å²) in [6, 6.07) is 15.2. The Morgan fingerprint density at radius 1 is 1.09 bits per heavy atom. The van der Waals surface area contributed by atoms with Crippen molar-refractivity contribution in [3.05, 3.63) is 95.1 Å². The van der Waals surface area contributed by atoms with Gasteiger partial charge in [-0.25, -0.2) is 0 Å². The van der Waals surface area contributed by atoms with Crippen LogP contribution in [-0.2, 0) is 13.0 Å². The number of Topliss-reactive ketones (excluding diaryl/α,β-unsaturated/α-hetero) is 1. The van der Waals surface area contributed by atoms with E-state index in [2.05, 4.69) is 15.3 Å². The summed E-state index contributed by atoms with van der Waals surface area (Å²) in [6.07, 6.45) is 7.03. The highest BCUT2D eigenvalue weighted by molar-refractivity contribution is 5.94. The van der Waals surface area contributed by atoms with Gasteiger partial charge in [0.15, 0.2) is 5.78 Å². The van der Waals surface area contributed by atoms with Crippen molar-refractivity contribution in [2.75, 3.05) is 7.05 Å². The number of carbonyl (C=O) groups is 2. The second kappa shape index (κ2) is 10.7. The van der Waals surface area contributed by atoms with Gasteiger partial charge in [0, 0.05) is 62.3 Å². The number of carbonyl (C=O) groups excluding carboxylic acids is 2. The van der Waals surface area contributed by atoms with Gasteiger partial charge in [0.1, 0.15) is 5.69 Å². The first-order valence-electron chi connectivity index (χ1n) is 11.5. The maximum Gasteiger partial charge on any atom is 0.253 e. The average molecular weight is 459 g/mol. The van der Waals surface area contributed by atoms with Crippen LogP contribution in [-0.4, -0.2) is 50.8 Å². The molecule has 0 radical (unpaired) electrons. The fraction of sp³-hybridized carbons (Fsp3) is 0.333. The highest BCUT2D eigenvalue weighted by atomic mass is 16.3. The van der Waals surface area contributed by atoms with Gasteiger partial charge in [0.25, 0.3) is 5.91 Å². The second-order valence-corrected chi connectivity index (χ2v) is 8.95. The van der Waals surface area contributed by atoms with E-state index in [1.54, 1.807) is 42.7 Å². The molecule has 1 fully saturated rings. The van der Waals surface area contributed by atoms with Crippen molar-refractivity contribution in [3.8, 4) is 0 Å². The van der Waals surface area contributed by atoms with Crippen molar-refractivity contribution in [2.24, 2.45) is 0 Å². The lowest BCUT2D eigenvalue weighted by Crippen LogP contribution is -2.35. The summed E-state index contributed by atoms with van der Waals surface area (Å²) in [7, 11) is 1.79. The average Bonchev–Trinajstić information content (AvgIpc) is 3.32. The molecule has 1 aliphatic heterocycles. The minimum absolute atomic E-state index is 0.0259. The lowest BCUT2D eigenvalue weighted by molar-refractivity contribution is 0.0784. The van der Waals surface area contributed by atoms with Crippen LogP contribution in [0.5, 0.6) is 0 Å². The summed E-state index contributed by atoms with van der Waals surface area (Å²) >= 11 is 0. The van der Waals surface area contributed by atoms with Gasteiger partial charge in [-0.1, -0.05) is 24.3 Å². The van der Waals surface area contributed by atoms with Gasteiger partial charge in [-0.15, -0.1) is 0 Å². The van der Waals surface area contributed by atoms with Crippen LogP contribution in [0, 0.1) is 0 Å². The van der Waals surface area contributed by atoms with Crippen molar-refractivity contribution < 1.29 is 14.7 Å². The Labute approximate surface area is 199 Å². The molecule has 2 aromatic heterocycles. The molecule has 1 amide bonds. The molecule has 3 aromatic rings. The van der Waals surface area contributed by atoms with Crippen LogP contribution in [0.1, 0.15) is 63.4 Å². The highest BCUT2D eigenvalue weighted by Crippen LogP contribution is 2.26. The Morgan fingerprint density at radius 3 is 2.53 bits per heavy atom. The van der Waals surface area contributed by atoms with Crippen molar-refractivity contribution in [2.45, 2.75) is 50.9 Å². The van der Waals surface area contributed by atoms with Crippen LogP contribution >= 0.6 is 0 Å². The third-order valence-electron chi connectivity index (χ3n) is 6.32. The van der Waals surface area contributed by atoms with Crippen molar-refractivity contribution in [3.63, 3.8) is 0 Å². The zero-order chi connectivity index (χ0) is 24.1. The SMILES string of the molecule is CC(=O)c1ccc([C@@H](O)[C@H]2CC[C@@H](Cc3ccc(C(=O)N(C)Cc4cccnc4)cc3)N2)cn1. The number of aromatic nitrogens is 2. The zero-order valence-corrected chi connectivity index (χ0v) is 19.5. The number of benzene rings is 1. The number of hydrogen-bond acceptors (Lipinski definition) is 6. The van der Waals surface area contributed by atoms with Gasteiger partial charge in [0.05, 0.1) is 6.10 Å². The molecule has 2 N–H and O–H groups in total. The van der Waals surface area contributed by atoms with Crippen LogP contribution < -0.4 is 5.32 Å². The minimum atomic E-state index is -0.672. The molecule has 7 nitrogen and oxygen atoms in total. The predicted molar refractivity (Wildman–Crippen MR) is 129 cm³/mol. The van der Waals surface area contributed by atoms with E-state index in [1.807, 2.05) is 36.4 Å². The maximum atomic E-state index is 12.8. The van der Waals surface area contributed by atoms with E-state index in [1.165, 1.54) is 6.92 Å². The summed E-state index contributed by atoms with van der Waals surface area (Å²) in [5.41, 5.74) is 3.90. The molecule has 1 saturated heterocycles. The molecule has 1 aliphatic rings. The number of aliphatic hydroxyl groups excluding tert-OH is 1. The summed E-state index contributed by atoms with van der Waals surface area (Å²) in [6.45, 7) is 1.99. The van der Waals surface area contributed by atoms with E-state index in [0.29, 0.717) is 23.4 Å². The fourth-order valence-electron chi connectivity index (χ4n) is 4.41. The number of hydrogen-bond donors (Lipinski definition) is 2. The topological polar surface area (TPSA) is 95.4 Å². The molecule has 0 spiro atoms. The summed E-state index contributed by atoms with van der Waals surface area (Å²) in [5, 5.41) is 14.3. The van der Waals surface area contributed by atoms with Crippen LogP contribution in [0.2, 0.25) is 0 Å². The molecule has 0 bridgehead atoms. The number of rotatable bonds is 8. The number of pyridine rings is 2. The molecule has 7 heteroatoms. The lowest BCUT2D eigenvalue weighted by atomic mass is 10.0. The Balaban J connectivity index is 1.30. The van der Waals surface area contributed by atoms with Gasteiger partial charge < -0.3 is 15.3 Å². The first-order valence-corrected chi connectivity index (χ1v) is 11.5. The first kappa shape index (κ1) is 23.7. The third-order valence-corrected chi connectivity index (χ3v) is 6.32. The summed E-state index contributed by atoms with van der Waals surface area (Å²) in [4.78, 5) is 34.1. The van der Waals surface area contributed by atoms with Gasteiger partial charge in [-0.2, -0.15) is 0 Å². The Hall–Kier alpha value is -3.42. The summed E-state index contributed by atoms with van der Waals surface area (Å²) < 4.78 is 0. The number of nitrogens with one attached hydrogen (secondary N) is 1. The Kier molecular flexibility index (Phi) is 7.45. The molecular weight excluding hydrogens is 428 g/mol. The molecular formula is C27H30N4O3. The standard InChI is InChI=1S/C27H30N4O3/c1-18(32)24-11-9-22(16-29-24)26(33)25-12-10-23(30-25)14-19-5-7-21(8-6-19)27(34)31(2)17-20-4-3-13-28-15-20/h3-9,11,13,15-16,23,25-26,30,33H,10,12,14,17H2,1-2H3/t23-,25+,26+/m0/s1. The maximum absolute atomic E-state index is 12.8. The van der Waals surface area contributed by atoms with Gasteiger partial charge in [-0.3, -0.25) is 19.6 Å². The van der Waals surface area contributed by atoms with Gasteiger partial charge in [-0.05, 0) is 54.7 Å². The summed E-state index contributed by atoms with van der Waals surface area (Å²) in [5.74, 6) is -0.116. The quantitative estimate of drug-likeness (QED) is 0.503. The van der Waals surface area contributed by atoms with Crippen LogP contribution in [0.3, 0.4) is 0 Å². The largest absolute Gasteiger partial charge is 0.387 e. The molecule has 0 unspecified atom stereocenters. The first-order chi connectivity index (χ1) is 16.4. The van der Waals surface area contributed by atoms with E-state index >= 15 is 0 Å². The smallest absolute Gasteiger partial charge is 0.253 e. The van der Waals surface area contributed by atoms with Crippen LogP contribution in [0.4, 0.5) is 0 Å². The third kappa shape index (κ3) is 5.73. The number of aliphatic hydroxyl groups is 1. The molecule has 4 rings (SSSR count). The predicted octanol–water partition coefficient (Wildman–Crippen LogP) is 3.35. The zero-order valence-electron chi connectivity index (χ0n) is 19.5. The Bertz CT molecular complexity index is 1120. The normalized spacial score (nSPS) is 18.4. The highest BCUT2D eigenvalue weighted by Gasteiger charge is 2.30. The molecule has 0 aliphatic carbocycles. The minimum Gasteiger partial charge on any atom is -0.387 e. The van der Waals surface area contributed by atoms with Crippen LogP contribution in [0.15, 0.2) is 67.1 Å². The number of ketones is 1. The molecule has 3 atom stereocenters. The number of amides is 1. The van der Waals surface area contributed by atoms with Crippen molar-refractivity contribution in [1.82, 2.24) is 20.2 Å². The van der Waals surface area contributed by atoms with E-state index in [-0.39, 0.29) is 23.8 Å². The lowest BCUT2D eigenvalue weighted by Gasteiger charge is -2.20. The number of nitrogens with zero attached hydrogens (tertiary/aromatic N) is 3. The van der Waals surface area contributed by atoms with E-state index in [0.717, 1.165) is 30.4 Å². The van der Waals surface area contributed by atoms with Crippen molar-refractivity contribution >= 4 is 11.7 Å². The fourth-order valence-corrected chi connectivity index (χ4v) is 4.41.